The molecule has 15 heteroatoms. The lowest BCUT2D eigenvalue weighted by atomic mass is 9.88. The lowest BCUT2D eigenvalue weighted by Gasteiger charge is -2.40. The maximum atomic E-state index is 13.5. The quantitative estimate of drug-likeness (QED) is 0.490. The van der Waals surface area contributed by atoms with Gasteiger partial charge in [0.25, 0.3) is 0 Å². The zero-order chi connectivity index (χ0) is 29.5. The van der Waals surface area contributed by atoms with Crippen LogP contribution in [0.2, 0.25) is 0 Å². The van der Waals surface area contributed by atoms with Crippen molar-refractivity contribution in [3.8, 4) is 5.75 Å². The van der Waals surface area contributed by atoms with Crippen LogP contribution in [0.1, 0.15) is 28.3 Å². The first kappa shape index (κ1) is 29.8. The Morgan fingerprint density at radius 2 is 1.73 bits per heavy atom. The first-order valence-electron chi connectivity index (χ1n) is 11.8. The van der Waals surface area contributed by atoms with Gasteiger partial charge in [-0.15, -0.1) is 0 Å². The molecule has 218 valence electrons. The van der Waals surface area contributed by atoms with E-state index in [1.54, 1.807) is 18.2 Å². The first-order chi connectivity index (χ1) is 18.6. The van der Waals surface area contributed by atoms with Crippen molar-refractivity contribution in [1.82, 2.24) is 10.4 Å². The van der Waals surface area contributed by atoms with E-state index in [2.05, 4.69) is 10.3 Å². The molecule has 0 bridgehead atoms. The van der Waals surface area contributed by atoms with Crippen LogP contribution in [0.25, 0.3) is 0 Å². The highest BCUT2D eigenvalue weighted by Crippen LogP contribution is 2.40. The summed E-state index contributed by atoms with van der Waals surface area (Å²) in [6, 6.07) is 4.98. The van der Waals surface area contributed by atoms with Crippen molar-refractivity contribution in [2.75, 3.05) is 26.6 Å². The molecule has 2 aromatic carbocycles. The standard InChI is InChI=1S/C25H25F6N3O5S/c1-38-21-6-4-3-5-17(21)20-11-22(40(2,36)37)39-23-18(12-32-13-33-23)19(34(20)35)9-14-7-15(24(26,27)28)10-16(8-14)25(29,30)31/h3-8,10-11,18-20,32,35H,9,12-13H2,1-2H3. The van der Waals surface area contributed by atoms with Crippen LogP contribution in [0.4, 0.5) is 26.3 Å². The Bertz CT molecular complexity index is 1390. The van der Waals surface area contributed by atoms with Crippen molar-refractivity contribution in [2.45, 2.75) is 30.9 Å². The van der Waals surface area contributed by atoms with Gasteiger partial charge in [0.2, 0.25) is 14.9 Å². The molecule has 40 heavy (non-hydrogen) atoms. The van der Waals surface area contributed by atoms with Gasteiger partial charge < -0.3 is 14.7 Å². The van der Waals surface area contributed by atoms with Crippen LogP contribution in [0.15, 0.2) is 58.6 Å². The number of aliphatic imine (C=N–C) groups is 1. The van der Waals surface area contributed by atoms with E-state index in [0.29, 0.717) is 17.2 Å². The number of nitrogens with zero attached hydrogens (tertiary/aromatic N) is 2. The smallest absolute Gasteiger partial charge is 0.416 e. The van der Waals surface area contributed by atoms with Gasteiger partial charge in [-0.25, -0.2) is 13.4 Å². The fourth-order valence-corrected chi connectivity index (χ4v) is 5.27. The van der Waals surface area contributed by atoms with Gasteiger partial charge in [-0.1, -0.05) is 18.2 Å². The number of hydrogen-bond acceptors (Lipinski definition) is 8. The number of benzene rings is 2. The van der Waals surface area contributed by atoms with E-state index in [0.717, 1.165) is 12.3 Å². The average molecular weight is 594 g/mol. The van der Waals surface area contributed by atoms with Crippen molar-refractivity contribution in [2.24, 2.45) is 10.9 Å². The normalized spacial score (nSPS) is 22.8. The highest BCUT2D eigenvalue weighted by atomic mass is 32.2. The molecule has 0 saturated heterocycles. The van der Waals surface area contributed by atoms with Gasteiger partial charge in [0.1, 0.15) is 5.75 Å². The van der Waals surface area contributed by atoms with E-state index < -0.39 is 62.8 Å². The molecule has 3 atom stereocenters. The lowest BCUT2D eigenvalue weighted by molar-refractivity contribution is -0.161. The van der Waals surface area contributed by atoms with Crippen molar-refractivity contribution >= 4 is 15.7 Å². The highest BCUT2D eigenvalue weighted by Gasteiger charge is 2.42. The van der Waals surface area contributed by atoms with E-state index in [9.17, 15) is 40.0 Å². The lowest BCUT2D eigenvalue weighted by Crippen LogP contribution is -2.52. The molecule has 0 amide bonds. The third kappa shape index (κ3) is 6.43. The summed E-state index contributed by atoms with van der Waals surface area (Å²) >= 11 is 0. The van der Waals surface area contributed by atoms with E-state index >= 15 is 0 Å². The second kappa shape index (κ2) is 11.0. The molecule has 8 nitrogen and oxygen atoms in total. The van der Waals surface area contributed by atoms with Crippen molar-refractivity contribution < 1.29 is 49.4 Å². The molecule has 0 fully saturated rings. The van der Waals surface area contributed by atoms with Crippen molar-refractivity contribution in [1.29, 1.82) is 0 Å². The summed E-state index contributed by atoms with van der Waals surface area (Å²) in [5.74, 6) is -0.865. The molecule has 0 radical (unpaired) electrons. The van der Waals surface area contributed by atoms with Gasteiger partial charge in [-0.3, -0.25) is 5.32 Å². The predicted octanol–water partition coefficient (Wildman–Crippen LogP) is 4.57. The van der Waals surface area contributed by atoms with Gasteiger partial charge in [0.15, 0.2) is 5.90 Å². The SMILES string of the molecule is COc1ccccc1C1C=C(S(C)(=O)=O)OC2=NCNCC2C(Cc2cc(C(F)(F)F)cc(C(F)(F)F)c2)N1O. The largest absolute Gasteiger partial charge is 0.496 e. The number of halogens is 6. The molecule has 0 aliphatic carbocycles. The second-order valence-corrected chi connectivity index (χ2v) is 11.3. The van der Waals surface area contributed by atoms with Gasteiger partial charge in [-0.05, 0) is 42.3 Å². The monoisotopic (exact) mass is 593 g/mol. The van der Waals surface area contributed by atoms with Crippen LogP contribution in [-0.4, -0.2) is 57.2 Å². The highest BCUT2D eigenvalue weighted by molar-refractivity contribution is 7.94. The average Bonchev–Trinajstić information content (AvgIpc) is 2.87. The molecular weight excluding hydrogens is 568 g/mol. The van der Waals surface area contributed by atoms with Gasteiger partial charge in [0.05, 0.1) is 42.9 Å². The number of nitrogens with one attached hydrogen (secondary N) is 1. The zero-order valence-electron chi connectivity index (χ0n) is 21.1. The number of sulfone groups is 1. The van der Waals surface area contributed by atoms with E-state index in [1.165, 1.54) is 13.2 Å². The predicted molar refractivity (Wildman–Crippen MR) is 131 cm³/mol. The summed E-state index contributed by atoms with van der Waals surface area (Å²) in [6.45, 7) is 0.0417. The minimum absolute atomic E-state index is 0.0126. The molecule has 2 aliphatic rings. The van der Waals surface area contributed by atoms with Crippen molar-refractivity contribution in [3.63, 3.8) is 0 Å². The summed E-state index contributed by atoms with van der Waals surface area (Å²) in [5, 5.41) is 14.7. The zero-order valence-corrected chi connectivity index (χ0v) is 21.9. The summed E-state index contributed by atoms with van der Waals surface area (Å²) in [6.07, 6.45) is -8.66. The maximum absolute atomic E-state index is 13.5. The summed E-state index contributed by atoms with van der Waals surface area (Å²) in [5.41, 5.74) is -3.09. The molecule has 0 aromatic heterocycles. The number of rotatable bonds is 5. The van der Waals surface area contributed by atoms with Crippen LogP contribution >= 0.6 is 0 Å². The Morgan fingerprint density at radius 3 is 2.30 bits per heavy atom. The third-order valence-electron chi connectivity index (χ3n) is 6.53. The molecule has 3 unspecified atom stereocenters. The summed E-state index contributed by atoms with van der Waals surface area (Å²) < 4.78 is 118. The molecule has 2 aliphatic heterocycles. The Kier molecular flexibility index (Phi) is 8.23. The minimum atomic E-state index is -5.06. The number of ether oxygens (including phenoxy) is 2. The fourth-order valence-electron chi connectivity index (χ4n) is 4.66. The third-order valence-corrected chi connectivity index (χ3v) is 7.48. The molecule has 2 aromatic rings. The fraction of sp³-hybridized carbons (Fsp3) is 0.400. The Balaban J connectivity index is 1.90. The van der Waals surface area contributed by atoms with Crippen LogP contribution < -0.4 is 10.1 Å². The number of para-hydroxylation sites is 1. The topological polar surface area (TPSA) is 100 Å². The van der Waals surface area contributed by atoms with Gasteiger partial charge >= 0.3 is 12.4 Å². The van der Waals surface area contributed by atoms with E-state index in [-0.39, 0.29) is 42.1 Å². The van der Waals surface area contributed by atoms with Gasteiger partial charge in [-0.2, -0.15) is 31.4 Å². The number of alkyl halides is 6. The number of hydroxylamine groups is 2. The van der Waals surface area contributed by atoms with Gasteiger partial charge in [0, 0.05) is 18.4 Å². The Hall–Kier alpha value is -3.14. The molecule has 0 spiro atoms. The molecular formula is C25H25F6N3O5S. The van der Waals surface area contributed by atoms with Crippen LogP contribution in [-0.2, 0) is 33.3 Å². The van der Waals surface area contributed by atoms with Crippen molar-refractivity contribution in [3.05, 3.63) is 75.9 Å². The van der Waals surface area contributed by atoms with Crippen LogP contribution in [0.5, 0.6) is 5.75 Å². The van der Waals surface area contributed by atoms with E-state index in [1.807, 2.05) is 0 Å². The second-order valence-electron chi connectivity index (χ2n) is 9.33. The molecule has 4 rings (SSSR count). The first-order valence-corrected chi connectivity index (χ1v) is 13.7. The Morgan fingerprint density at radius 1 is 1.10 bits per heavy atom. The molecule has 2 heterocycles. The van der Waals surface area contributed by atoms with Crippen LogP contribution in [0, 0.1) is 5.92 Å². The maximum Gasteiger partial charge on any atom is 0.416 e. The minimum Gasteiger partial charge on any atom is -0.496 e. The number of methoxy groups -OCH3 is 1. The Labute approximate surface area is 225 Å². The number of hydrogen-bond donors (Lipinski definition) is 2. The van der Waals surface area contributed by atoms with E-state index in [4.69, 9.17) is 9.47 Å². The molecule has 0 saturated carbocycles. The molecule has 2 N–H and O–H groups in total. The van der Waals surface area contributed by atoms with Crippen LogP contribution in [0.3, 0.4) is 0 Å². The summed E-state index contributed by atoms with van der Waals surface area (Å²) in [4.78, 5) is 4.14. The number of fused-ring (bicyclic) bond motifs is 1. The summed E-state index contributed by atoms with van der Waals surface area (Å²) in [7, 11) is -2.67.